The summed E-state index contributed by atoms with van der Waals surface area (Å²) in [6.45, 7) is 2.02. The summed E-state index contributed by atoms with van der Waals surface area (Å²) in [6.07, 6.45) is 3.15. The van der Waals surface area contributed by atoms with Crippen molar-refractivity contribution in [3.05, 3.63) is 58.7 Å². The highest BCUT2D eigenvalue weighted by atomic mass is 35.5. The number of aromatic nitrogens is 6. The van der Waals surface area contributed by atoms with Crippen LogP contribution in [0.3, 0.4) is 0 Å². The molecule has 7 nitrogen and oxygen atoms in total. The Morgan fingerprint density at radius 1 is 0.923 bits per heavy atom. The van der Waals surface area contributed by atoms with E-state index in [2.05, 4.69) is 25.0 Å². The van der Waals surface area contributed by atoms with Gasteiger partial charge in [0.05, 0.1) is 11.2 Å². The number of hydrogen-bond acceptors (Lipinski definition) is 6. The molecule has 0 spiro atoms. The van der Waals surface area contributed by atoms with Gasteiger partial charge in [-0.25, -0.2) is 24.8 Å². The van der Waals surface area contributed by atoms with Gasteiger partial charge in [0.15, 0.2) is 0 Å². The Hall–Kier alpha value is -2.77. The summed E-state index contributed by atoms with van der Waals surface area (Å²) < 4.78 is 1.84. The van der Waals surface area contributed by atoms with Crippen LogP contribution in [0.5, 0.6) is 0 Å². The third-order valence-corrected chi connectivity index (χ3v) is 4.41. The van der Waals surface area contributed by atoms with E-state index in [1.165, 1.54) is 0 Å². The number of fused-ring (bicyclic) bond motifs is 1. The molecular formula is C17H13Cl2N7. The number of nitrogens with zero attached hydrogens (tertiary/aromatic N) is 7. The molecule has 0 fully saturated rings. The van der Waals surface area contributed by atoms with Gasteiger partial charge in [0, 0.05) is 30.5 Å². The molecule has 4 aromatic rings. The van der Waals surface area contributed by atoms with Gasteiger partial charge in [-0.3, -0.25) is 4.68 Å². The molecule has 4 rings (SSSR count). The summed E-state index contributed by atoms with van der Waals surface area (Å²) in [5.41, 5.74) is 2.67. The molecule has 1 aromatic carbocycles. The Labute approximate surface area is 159 Å². The molecule has 0 aliphatic rings. The fourth-order valence-corrected chi connectivity index (χ4v) is 2.91. The summed E-state index contributed by atoms with van der Waals surface area (Å²) in [5, 5.41) is 6.23. The molecule has 0 N–H and O–H groups in total. The van der Waals surface area contributed by atoms with Crippen LogP contribution in [0, 0.1) is 6.92 Å². The lowest BCUT2D eigenvalue weighted by atomic mass is 10.2. The quantitative estimate of drug-likeness (QED) is 0.491. The van der Waals surface area contributed by atoms with Gasteiger partial charge in [0.1, 0.15) is 10.3 Å². The molecule has 9 heteroatoms. The third kappa shape index (κ3) is 2.95. The van der Waals surface area contributed by atoms with Gasteiger partial charge in [0.2, 0.25) is 11.9 Å². The van der Waals surface area contributed by atoms with Crippen LogP contribution in [0.2, 0.25) is 10.3 Å². The minimum atomic E-state index is 0.316. The van der Waals surface area contributed by atoms with E-state index in [0.717, 1.165) is 22.3 Å². The smallest absolute Gasteiger partial charge is 0.238 e. The van der Waals surface area contributed by atoms with E-state index >= 15 is 0 Å². The van der Waals surface area contributed by atoms with Crippen molar-refractivity contribution in [2.45, 2.75) is 6.92 Å². The number of halogens is 2. The second-order valence-electron chi connectivity index (χ2n) is 5.60. The summed E-state index contributed by atoms with van der Waals surface area (Å²) in [5.74, 6) is 0.679. The summed E-state index contributed by atoms with van der Waals surface area (Å²) in [7, 11) is 1.91. The van der Waals surface area contributed by atoms with Crippen LogP contribution in [0.25, 0.3) is 10.9 Å². The van der Waals surface area contributed by atoms with Crippen LogP contribution in [-0.4, -0.2) is 29.7 Å². The second-order valence-corrected chi connectivity index (χ2v) is 6.38. The molecule has 0 aliphatic carbocycles. The Morgan fingerprint density at radius 3 is 2.12 bits per heavy atom. The van der Waals surface area contributed by atoms with Gasteiger partial charge < -0.3 is 0 Å². The molecule has 0 aliphatic heterocycles. The normalized spacial score (nSPS) is 11.1. The van der Waals surface area contributed by atoms with E-state index in [1.54, 1.807) is 29.4 Å². The van der Waals surface area contributed by atoms with Gasteiger partial charge >= 0.3 is 0 Å². The number of aryl methyl sites for hydroxylation is 2. The Morgan fingerprint density at radius 2 is 1.54 bits per heavy atom. The zero-order valence-electron chi connectivity index (χ0n) is 13.9. The van der Waals surface area contributed by atoms with Crippen LogP contribution in [-0.2, 0) is 7.05 Å². The summed E-state index contributed by atoms with van der Waals surface area (Å²) in [6, 6.07) is 9.07. The van der Waals surface area contributed by atoms with Crippen molar-refractivity contribution in [1.29, 1.82) is 0 Å². The zero-order valence-corrected chi connectivity index (χ0v) is 15.4. The predicted molar refractivity (Wildman–Crippen MR) is 101 cm³/mol. The van der Waals surface area contributed by atoms with E-state index in [1.807, 2.05) is 36.9 Å². The van der Waals surface area contributed by atoms with Crippen LogP contribution in [0.4, 0.5) is 17.6 Å². The van der Waals surface area contributed by atoms with Crippen molar-refractivity contribution in [2.75, 3.05) is 4.90 Å². The van der Waals surface area contributed by atoms with Crippen LogP contribution >= 0.6 is 23.2 Å². The molecule has 0 saturated carbocycles. The first-order chi connectivity index (χ1) is 12.5. The van der Waals surface area contributed by atoms with E-state index in [9.17, 15) is 0 Å². The van der Waals surface area contributed by atoms with Gasteiger partial charge in [-0.05, 0) is 37.3 Å². The number of rotatable bonds is 3. The van der Waals surface area contributed by atoms with E-state index in [0.29, 0.717) is 22.2 Å². The first-order valence-electron chi connectivity index (χ1n) is 7.73. The van der Waals surface area contributed by atoms with Crippen molar-refractivity contribution in [2.24, 2.45) is 7.05 Å². The summed E-state index contributed by atoms with van der Waals surface area (Å²) >= 11 is 12.1. The number of benzene rings is 1. The average molecular weight is 386 g/mol. The molecular weight excluding hydrogens is 373 g/mol. The molecule has 0 saturated heterocycles. The van der Waals surface area contributed by atoms with E-state index in [4.69, 9.17) is 23.2 Å². The fraction of sp³-hybridized carbons (Fsp3) is 0.118. The Bertz CT molecular complexity index is 1060. The minimum Gasteiger partial charge on any atom is -0.272 e. The van der Waals surface area contributed by atoms with Gasteiger partial charge in [-0.2, -0.15) is 5.10 Å². The van der Waals surface area contributed by atoms with Gasteiger partial charge in [0.25, 0.3) is 0 Å². The molecule has 3 aromatic heterocycles. The van der Waals surface area contributed by atoms with E-state index in [-0.39, 0.29) is 0 Å². The highest BCUT2D eigenvalue weighted by Crippen LogP contribution is 2.32. The first kappa shape index (κ1) is 16.7. The molecule has 0 bridgehead atoms. The molecule has 26 heavy (non-hydrogen) atoms. The highest BCUT2D eigenvalue weighted by Gasteiger charge is 2.20. The van der Waals surface area contributed by atoms with Crippen LogP contribution < -0.4 is 4.90 Å². The maximum absolute atomic E-state index is 6.05. The first-order valence-corrected chi connectivity index (χ1v) is 8.49. The van der Waals surface area contributed by atoms with Crippen molar-refractivity contribution >= 4 is 51.7 Å². The monoisotopic (exact) mass is 385 g/mol. The van der Waals surface area contributed by atoms with Crippen LogP contribution in [0.1, 0.15) is 5.69 Å². The molecule has 3 heterocycles. The largest absolute Gasteiger partial charge is 0.272 e. The molecule has 0 amide bonds. The van der Waals surface area contributed by atoms with Gasteiger partial charge in [-0.15, -0.1) is 0 Å². The number of hydrogen-bond donors (Lipinski definition) is 0. The number of anilines is 3. The average Bonchev–Trinajstić information content (AvgIpc) is 2.89. The maximum atomic E-state index is 6.05. The standard InChI is InChI=1S/C17H13Cl2N7/c1-10-12-4-3-11(9-13(12)24-25(10)2)26(16-20-7-5-14(18)22-16)17-21-8-6-15(19)23-17/h3-9H,1-2H3. The van der Waals surface area contributed by atoms with Crippen molar-refractivity contribution < 1.29 is 0 Å². The predicted octanol–water partition coefficient (Wildman–Crippen LogP) is 4.24. The Kier molecular flexibility index (Phi) is 4.18. The fourth-order valence-electron chi connectivity index (χ4n) is 2.65. The van der Waals surface area contributed by atoms with E-state index < -0.39 is 0 Å². The second kappa shape index (κ2) is 6.51. The highest BCUT2D eigenvalue weighted by molar-refractivity contribution is 6.29. The lowest BCUT2D eigenvalue weighted by molar-refractivity contribution is 0.751. The minimum absolute atomic E-state index is 0.316. The molecule has 0 radical (unpaired) electrons. The van der Waals surface area contributed by atoms with Crippen LogP contribution in [0.15, 0.2) is 42.7 Å². The van der Waals surface area contributed by atoms with Crippen molar-refractivity contribution in [3.63, 3.8) is 0 Å². The molecule has 130 valence electrons. The molecule has 0 atom stereocenters. The summed E-state index contributed by atoms with van der Waals surface area (Å²) in [4.78, 5) is 18.9. The molecule has 0 unspecified atom stereocenters. The van der Waals surface area contributed by atoms with Crippen molar-refractivity contribution in [3.8, 4) is 0 Å². The third-order valence-electron chi connectivity index (χ3n) is 3.99. The topological polar surface area (TPSA) is 72.6 Å². The van der Waals surface area contributed by atoms with Crippen molar-refractivity contribution in [1.82, 2.24) is 29.7 Å². The zero-order chi connectivity index (χ0) is 18.3. The van der Waals surface area contributed by atoms with Gasteiger partial charge in [-0.1, -0.05) is 23.2 Å². The Balaban J connectivity index is 1.93. The maximum Gasteiger partial charge on any atom is 0.238 e. The lowest BCUT2D eigenvalue weighted by Gasteiger charge is -2.20. The SMILES string of the molecule is Cc1c2ccc(N(c3nccc(Cl)n3)c3nccc(Cl)n3)cc2nn1C. The lowest BCUT2D eigenvalue weighted by Crippen LogP contribution is -2.16.